The lowest BCUT2D eigenvalue weighted by Crippen LogP contribution is -2.67. The number of benzene rings is 1. The second-order valence-electron chi connectivity index (χ2n) is 5.01. The highest BCUT2D eigenvalue weighted by Crippen LogP contribution is 2.32. The van der Waals surface area contributed by atoms with Crippen LogP contribution in [0.1, 0.15) is 18.4 Å². The molecule has 1 aromatic rings. The van der Waals surface area contributed by atoms with Crippen LogP contribution in [0, 0.1) is 0 Å². The van der Waals surface area contributed by atoms with Gasteiger partial charge in [0.25, 0.3) is 10.1 Å². The summed E-state index contributed by atoms with van der Waals surface area (Å²) in [6.45, 7) is 0. The molecule has 1 aromatic carbocycles. The van der Waals surface area contributed by atoms with Gasteiger partial charge in [0.15, 0.2) is 0 Å². The fourth-order valence-electron chi connectivity index (χ4n) is 2.42. The Kier molecular flexibility index (Phi) is 4.14. The SMILES string of the molecule is O=C1CCC(=O)N1C(Cc1ccc(O)cc1)(C(=O)[O-])S(=O)(=O)O. The fraction of sp³-hybridized carbons (Fsp3) is 0.308. The van der Waals surface area contributed by atoms with Crippen molar-refractivity contribution >= 4 is 27.9 Å². The van der Waals surface area contributed by atoms with Gasteiger partial charge in [-0.25, -0.2) is 0 Å². The largest absolute Gasteiger partial charge is 0.546 e. The number of hydrogen-bond donors (Lipinski definition) is 2. The molecular weight excluding hydrogens is 330 g/mol. The number of aliphatic carboxylic acids is 1. The van der Waals surface area contributed by atoms with E-state index in [2.05, 4.69) is 0 Å². The highest BCUT2D eigenvalue weighted by Gasteiger charge is 2.56. The van der Waals surface area contributed by atoms with Gasteiger partial charge in [-0.1, -0.05) is 12.1 Å². The molecule has 2 rings (SSSR count). The Morgan fingerprint density at radius 1 is 1.17 bits per heavy atom. The van der Waals surface area contributed by atoms with Gasteiger partial charge in [-0.05, 0) is 17.7 Å². The second kappa shape index (κ2) is 5.63. The Labute approximate surface area is 130 Å². The van der Waals surface area contributed by atoms with Crippen LogP contribution in [0.4, 0.5) is 0 Å². The van der Waals surface area contributed by atoms with Crippen molar-refractivity contribution < 1.29 is 37.6 Å². The van der Waals surface area contributed by atoms with E-state index in [4.69, 9.17) is 0 Å². The minimum absolute atomic E-state index is 0.0323. The molecule has 1 fully saturated rings. The summed E-state index contributed by atoms with van der Waals surface area (Å²) >= 11 is 0. The maximum absolute atomic E-state index is 11.8. The lowest BCUT2D eigenvalue weighted by molar-refractivity contribution is -0.313. The third kappa shape index (κ3) is 2.78. The van der Waals surface area contributed by atoms with Crippen molar-refractivity contribution in [2.45, 2.75) is 24.1 Å². The number of phenolic OH excluding ortho intramolecular Hbond substituents is 1. The first-order valence-electron chi connectivity index (χ1n) is 6.42. The van der Waals surface area contributed by atoms with Crippen LogP contribution >= 0.6 is 0 Å². The Bertz CT molecular complexity index is 754. The highest BCUT2D eigenvalue weighted by atomic mass is 32.2. The number of likely N-dealkylation sites (tertiary alicyclic amines) is 1. The average Bonchev–Trinajstić information content (AvgIpc) is 2.76. The van der Waals surface area contributed by atoms with E-state index < -0.39 is 39.2 Å². The van der Waals surface area contributed by atoms with Crippen LogP contribution < -0.4 is 5.11 Å². The van der Waals surface area contributed by atoms with Gasteiger partial charge in [0, 0.05) is 19.3 Å². The van der Waals surface area contributed by atoms with Crippen LogP contribution in [-0.2, 0) is 30.9 Å². The number of aromatic hydroxyl groups is 1. The number of carboxylic acid groups (broad SMARTS) is 1. The van der Waals surface area contributed by atoms with E-state index in [9.17, 15) is 37.6 Å². The quantitative estimate of drug-likeness (QED) is 0.480. The van der Waals surface area contributed by atoms with Crippen molar-refractivity contribution in [3.8, 4) is 5.75 Å². The number of carbonyl (C=O) groups is 3. The van der Waals surface area contributed by atoms with Crippen molar-refractivity contribution in [3.05, 3.63) is 29.8 Å². The molecule has 1 unspecified atom stereocenters. The summed E-state index contributed by atoms with van der Waals surface area (Å²) in [5.41, 5.74) is 0.0529. The average molecular weight is 342 g/mol. The summed E-state index contributed by atoms with van der Waals surface area (Å²) in [5.74, 6) is -4.52. The number of nitrogens with zero attached hydrogens (tertiary/aromatic N) is 1. The molecule has 1 heterocycles. The first kappa shape index (κ1) is 16.9. The molecule has 23 heavy (non-hydrogen) atoms. The molecule has 0 saturated carbocycles. The predicted octanol–water partition coefficient (Wildman–Crippen LogP) is -1.58. The third-order valence-corrected chi connectivity index (χ3v) is 4.89. The van der Waals surface area contributed by atoms with Crippen molar-refractivity contribution in [2.75, 3.05) is 0 Å². The van der Waals surface area contributed by atoms with Gasteiger partial charge in [-0.3, -0.25) is 19.0 Å². The van der Waals surface area contributed by atoms with Gasteiger partial charge in [0.2, 0.25) is 16.7 Å². The molecule has 0 radical (unpaired) electrons. The second-order valence-corrected chi connectivity index (χ2v) is 6.64. The molecule has 1 aliphatic heterocycles. The van der Waals surface area contributed by atoms with E-state index in [1.54, 1.807) is 0 Å². The summed E-state index contributed by atoms with van der Waals surface area (Å²) in [6.07, 6.45) is -1.64. The number of rotatable bonds is 5. The van der Waals surface area contributed by atoms with Gasteiger partial charge < -0.3 is 15.0 Å². The molecule has 124 valence electrons. The maximum atomic E-state index is 11.8. The normalized spacial score (nSPS) is 18.0. The maximum Gasteiger partial charge on any atom is 0.295 e. The summed E-state index contributed by atoms with van der Waals surface area (Å²) in [6, 6.07) is 4.71. The Morgan fingerprint density at radius 2 is 1.65 bits per heavy atom. The standard InChI is InChI=1S/C13H13NO8S/c15-9-3-1-8(2-4-9)7-13(12(18)19,23(20,21)22)14-10(16)5-6-11(14)17/h1-4,15H,5-7H2,(H,18,19)(H,20,21,22)/p-1. The van der Waals surface area contributed by atoms with Gasteiger partial charge in [0.1, 0.15) is 5.75 Å². The number of carboxylic acids is 1. The molecule has 1 aliphatic rings. The van der Waals surface area contributed by atoms with Crippen molar-refractivity contribution in [1.29, 1.82) is 0 Å². The first-order valence-corrected chi connectivity index (χ1v) is 7.86. The lowest BCUT2D eigenvalue weighted by Gasteiger charge is -2.38. The summed E-state index contributed by atoms with van der Waals surface area (Å²) in [7, 11) is -5.42. The predicted molar refractivity (Wildman–Crippen MR) is 72.2 cm³/mol. The monoisotopic (exact) mass is 342 g/mol. The van der Waals surface area contributed by atoms with E-state index in [0.717, 1.165) is 12.1 Å². The van der Waals surface area contributed by atoms with Crippen molar-refractivity contribution in [3.63, 3.8) is 0 Å². The van der Waals surface area contributed by atoms with E-state index in [1.165, 1.54) is 12.1 Å². The number of amides is 2. The molecule has 2 amide bonds. The number of hydrogen-bond acceptors (Lipinski definition) is 7. The molecule has 0 bridgehead atoms. The zero-order chi connectivity index (χ0) is 17.4. The van der Waals surface area contributed by atoms with Crippen LogP contribution in [0.2, 0.25) is 0 Å². The van der Waals surface area contributed by atoms with Crippen LogP contribution in [-0.4, -0.2) is 45.6 Å². The lowest BCUT2D eigenvalue weighted by atomic mass is 10.0. The van der Waals surface area contributed by atoms with Crippen molar-refractivity contribution in [1.82, 2.24) is 4.90 Å². The van der Waals surface area contributed by atoms with E-state index in [0.29, 0.717) is 0 Å². The molecule has 10 heteroatoms. The van der Waals surface area contributed by atoms with Crippen LogP contribution in [0.5, 0.6) is 5.75 Å². The molecule has 9 nitrogen and oxygen atoms in total. The highest BCUT2D eigenvalue weighted by molar-refractivity contribution is 7.88. The Morgan fingerprint density at radius 3 is 2.04 bits per heavy atom. The molecular formula is C13H12NO8S-. The van der Waals surface area contributed by atoms with E-state index in [1.807, 2.05) is 0 Å². The van der Waals surface area contributed by atoms with Crippen LogP contribution in [0.25, 0.3) is 0 Å². The molecule has 0 aromatic heterocycles. The summed E-state index contributed by atoms with van der Waals surface area (Å²) in [5, 5.41) is 20.8. The first-order chi connectivity index (χ1) is 10.6. The number of carbonyl (C=O) groups excluding carboxylic acids is 3. The van der Waals surface area contributed by atoms with E-state index >= 15 is 0 Å². The van der Waals surface area contributed by atoms with Crippen LogP contribution in [0.15, 0.2) is 24.3 Å². The molecule has 1 saturated heterocycles. The third-order valence-electron chi connectivity index (χ3n) is 3.54. The van der Waals surface area contributed by atoms with Gasteiger partial charge in [0.05, 0.1) is 5.97 Å². The van der Waals surface area contributed by atoms with Gasteiger partial charge in [-0.2, -0.15) is 8.42 Å². The number of phenols is 1. The van der Waals surface area contributed by atoms with Gasteiger partial charge >= 0.3 is 0 Å². The molecule has 0 spiro atoms. The zero-order valence-corrected chi connectivity index (χ0v) is 12.4. The fourth-order valence-corrected chi connectivity index (χ4v) is 3.42. The molecule has 0 aliphatic carbocycles. The van der Waals surface area contributed by atoms with Gasteiger partial charge in [-0.15, -0.1) is 0 Å². The van der Waals surface area contributed by atoms with E-state index in [-0.39, 0.29) is 29.1 Å². The smallest absolute Gasteiger partial charge is 0.295 e. The van der Waals surface area contributed by atoms with Crippen molar-refractivity contribution in [2.24, 2.45) is 0 Å². The summed E-state index contributed by atoms with van der Waals surface area (Å²) in [4.78, 5) is 32.0. The zero-order valence-electron chi connectivity index (χ0n) is 11.6. The topological polar surface area (TPSA) is 152 Å². The Hall–Kier alpha value is -2.46. The minimum atomic E-state index is -5.42. The molecule has 1 atom stereocenters. The summed E-state index contributed by atoms with van der Waals surface area (Å²) < 4.78 is 33.0. The molecule has 2 N–H and O–H groups in total. The minimum Gasteiger partial charge on any atom is -0.546 e. The Balaban J connectivity index is 2.63. The van der Waals surface area contributed by atoms with Crippen LogP contribution in [0.3, 0.4) is 0 Å². The number of imide groups is 1.